The molecular formula is C41H92N12O19-2. The maximum absolute atomic E-state index is 11.3. The second kappa shape index (κ2) is 72.7. The van der Waals surface area contributed by atoms with Gasteiger partial charge in [0.25, 0.3) is 0 Å². The monoisotopic (exact) mass is 1060 g/mol. The number of rotatable bonds is 31. The molecule has 0 heterocycles. The van der Waals surface area contributed by atoms with Gasteiger partial charge in [0, 0.05) is 70.1 Å². The normalized spacial score (nSPS) is 10.5. The first-order chi connectivity index (χ1) is 30.7. The Labute approximate surface area is 423 Å². The number of unbranched alkanes of at least 4 members (excludes halogenated alkanes) is 2. The van der Waals surface area contributed by atoms with E-state index in [2.05, 4.69) is 20.0 Å². The molecule has 0 saturated heterocycles. The van der Waals surface area contributed by atoms with E-state index < -0.39 is 53.8 Å². The summed E-state index contributed by atoms with van der Waals surface area (Å²) in [5, 5.41) is 56.2. The maximum atomic E-state index is 11.3. The number of carbonyl (C=O) groups is 8. The lowest BCUT2D eigenvalue weighted by Gasteiger charge is -2.16. The van der Waals surface area contributed by atoms with Gasteiger partial charge in [0.1, 0.15) is 12.8 Å². The van der Waals surface area contributed by atoms with Crippen LogP contribution in [0.5, 0.6) is 0 Å². The van der Waals surface area contributed by atoms with E-state index in [0.29, 0.717) is 44.5 Å². The third-order valence-electron chi connectivity index (χ3n) is 7.03. The maximum Gasteiger partial charge on any atom is 0.320 e. The van der Waals surface area contributed by atoms with E-state index in [0.717, 1.165) is 25.2 Å². The van der Waals surface area contributed by atoms with Crippen LogP contribution in [0, 0.1) is 0 Å². The van der Waals surface area contributed by atoms with Crippen LogP contribution in [0.3, 0.4) is 0 Å². The molecule has 0 saturated carbocycles. The number of allylic oxidation sites excluding steroid dienone is 3. The van der Waals surface area contributed by atoms with Crippen molar-refractivity contribution >= 4 is 61.1 Å². The van der Waals surface area contributed by atoms with Crippen LogP contribution < -0.4 is 68.0 Å². The standard InChI is InChI=1S/C11H21N3O5.2C6H9N2O4.C6H14N2O2.C5H10N2O3.CH2O.6CH4.H3N/c12-7-8(19-18)4-5-10(15)14-6-2-1-3-9(13)11(16)17;2*7-6(12)4(8-3-9)1-2-5(10)11;7-4-2-1-3-6(5-8)10-9;6-3-4(10-9)1-2-5(7)8;1-2;;;;;;;/h7,9,18H,1-6,12-13H2,(H,14,15)(H,16,17);2*4H,1-2H2,(H2,7,12)(H,8,9)(H,10,11);5,9H,1-4,7-8H2;3,9H,1-2,6H2,(H2,7,8);1H2;6*1H4;1H3/q;2*-1;;;;;;;;;;/b8-7+;;;6-5-;4-3+;;;;;;;;/t;2*4-;;;;;;;;;;/m.00........../s1. The number of nitrogens with two attached hydrogens (primary N) is 8. The van der Waals surface area contributed by atoms with Gasteiger partial charge in [-0.3, -0.25) is 33.6 Å². The molecule has 432 valence electrons. The highest BCUT2D eigenvalue weighted by molar-refractivity contribution is 5.83. The molecular weight excluding hydrogens is 965 g/mol. The second-order valence-corrected chi connectivity index (χ2v) is 11.9. The minimum atomic E-state index is -1.05. The van der Waals surface area contributed by atoms with E-state index in [1.165, 1.54) is 19.0 Å². The third-order valence-corrected chi connectivity index (χ3v) is 7.03. The van der Waals surface area contributed by atoms with Crippen LogP contribution in [0.25, 0.3) is 0 Å². The zero-order valence-corrected chi connectivity index (χ0v) is 36.3. The summed E-state index contributed by atoms with van der Waals surface area (Å²) in [6, 6.07) is -2.74. The molecule has 0 aromatic heterocycles. The number of aliphatic carboxylic acids is 3. The molecule has 72 heavy (non-hydrogen) atoms. The Morgan fingerprint density at radius 3 is 1.19 bits per heavy atom. The lowest BCUT2D eigenvalue weighted by atomic mass is 10.1. The molecule has 0 radical (unpaired) electrons. The summed E-state index contributed by atoms with van der Waals surface area (Å²) in [6.07, 6.45) is 10.3. The average Bonchev–Trinajstić information content (AvgIpc) is 3.27. The van der Waals surface area contributed by atoms with Gasteiger partial charge >= 0.3 is 17.9 Å². The molecule has 0 spiro atoms. The summed E-state index contributed by atoms with van der Waals surface area (Å²) in [5.41, 5.74) is 40.2. The predicted molar refractivity (Wildman–Crippen MR) is 271 cm³/mol. The summed E-state index contributed by atoms with van der Waals surface area (Å²) in [4.78, 5) is 112. The van der Waals surface area contributed by atoms with E-state index in [1.807, 2.05) is 17.4 Å². The first-order valence-corrected chi connectivity index (χ1v) is 18.7. The number of carboxylic acids is 3. The first-order valence-electron chi connectivity index (χ1n) is 18.7. The van der Waals surface area contributed by atoms with E-state index in [-0.39, 0.29) is 120 Å². The molecule has 6 amide bonds. The van der Waals surface area contributed by atoms with E-state index in [9.17, 15) is 43.2 Å². The van der Waals surface area contributed by atoms with Gasteiger partial charge < -0.3 is 112 Å². The molecule has 0 aliphatic carbocycles. The number of carboxylic acid groups (broad SMARTS) is 3. The Bertz CT molecular complexity index is 1400. The van der Waals surface area contributed by atoms with E-state index >= 15 is 0 Å². The number of nitrogens with one attached hydrogen (secondary N) is 3. The van der Waals surface area contributed by atoms with E-state index in [4.69, 9.17) is 81.8 Å². The number of carbonyl (C=O) groups excluding carboxylic acids is 7. The van der Waals surface area contributed by atoms with Gasteiger partial charge in [0.05, 0.1) is 12.1 Å². The lowest BCUT2D eigenvalue weighted by molar-refractivity contribution is -0.206. The average molecular weight is 1060 g/mol. The fourth-order valence-electron chi connectivity index (χ4n) is 3.58. The molecule has 3 atom stereocenters. The minimum absolute atomic E-state index is 0. The third kappa shape index (κ3) is 76.9. The van der Waals surface area contributed by atoms with Crippen molar-refractivity contribution in [3.05, 3.63) is 35.9 Å². The zero-order valence-electron chi connectivity index (χ0n) is 36.3. The van der Waals surface area contributed by atoms with Crippen molar-refractivity contribution in [1.82, 2.24) is 22.1 Å². The lowest BCUT2D eigenvalue weighted by Crippen LogP contribution is -2.40. The van der Waals surface area contributed by atoms with Gasteiger partial charge in [-0.2, -0.15) is 12.8 Å². The van der Waals surface area contributed by atoms with Crippen LogP contribution in [0.1, 0.15) is 134 Å². The molecule has 0 aromatic carbocycles. The second-order valence-electron chi connectivity index (χ2n) is 11.9. The van der Waals surface area contributed by atoms with Crippen LogP contribution in [-0.4, -0.2) is 123 Å². The van der Waals surface area contributed by atoms with Crippen molar-refractivity contribution in [1.29, 1.82) is 0 Å². The van der Waals surface area contributed by atoms with Crippen LogP contribution in [0.2, 0.25) is 0 Å². The molecule has 31 heteroatoms. The van der Waals surface area contributed by atoms with E-state index in [1.54, 1.807) is 0 Å². The minimum Gasteiger partial charge on any atom is -0.520 e. The van der Waals surface area contributed by atoms with Crippen molar-refractivity contribution in [3.8, 4) is 0 Å². The summed E-state index contributed by atoms with van der Waals surface area (Å²) in [5.74, 6) is -4.64. The van der Waals surface area contributed by atoms with Crippen LogP contribution >= 0.6 is 0 Å². The van der Waals surface area contributed by atoms with Gasteiger partial charge in [-0.05, 0) is 51.5 Å². The highest BCUT2D eigenvalue weighted by atomic mass is 17.1. The molecule has 31 nitrogen and oxygen atoms in total. The highest BCUT2D eigenvalue weighted by Crippen LogP contribution is 2.06. The fraction of sp³-hybridized carbons (Fsp3) is 0.610. The topological polar surface area (TPSA) is 599 Å². The Hall–Kier alpha value is -7.32. The summed E-state index contributed by atoms with van der Waals surface area (Å²) in [6.45, 7) is 3.11. The Morgan fingerprint density at radius 2 is 0.917 bits per heavy atom. The SMILES string of the molecule is C.C.C.C.C.C.C=O.N.N/C=C(/CCCCN)OO.N/C=C(\CCC(=O)NCCCCC(N)C(=O)O)OO.N/C=C(\CCC(N)=O)OO.NC(=O)[C@H](CCC(=O)O)N[C-]=O.NC(=O)[C@H](CCC(=O)O)N[C-]=O. The quantitative estimate of drug-likeness (QED) is 0.0110. The van der Waals surface area contributed by atoms with Crippen molar-refractivity contribution in [2.45, 2.75) is 153 Å². The van der Waals surface area contributed by atoms with Crippen molar-refractivity contribution < 1.29 is 93.7 Å². The van der Waals surface area contributed by atoms with Crippen molar-refractivity contribution in [2.75, 3.05) is 13.1 Å². The Balaban J connectivity index is -0.0000000542. The van der Waals surface area contributed by atoms with Gasteiger partial charge in [0.15, 0.2) is 17.3 Å². The Morgan fingerprint density at radius 1 is 0.556 bits per heavy atom. The summed E-state index contributed by atoms with van der Waals surface area (Å²) < 4.78 is 0. The molecule has 28 N–H and O–H groups in total. The molecule has 0 rings (SSSR count). The van der Waals surface area contributed by atoms with Crippen LogP contribution in [-0.2, 0) is 62.6 Å². The fourth-order valence-corrected chi connectivity index (χ4v) is 3.58. The summed E-state index contributed by atoms with van der Waals surface area (Å²) >= 11 is 0. The first kappa shape index (κ1) is 98.2. The smallest absolute Gasteiger partial charge is 0.320 e. The van der Waals surface area contributed by atoms with Crippen LogP contribution in [0.4, 0.5) is 0 Å². The molecule has 0 bridgehead atoms. The number of amides is 6. The Kier molecular flexibility index (Phi) is 99.1. The molecule has 0 fully saturated rings. The van der Waals surface area contributed by atoms with Gasteiger partial charge in [-0.15, -0.1) is 0 Å². The molecule has 0 aliphatic heterocycles. The molecule has 1 unspecified atom stereocenters. The summed E-state index contributed by atoms with van der Waals surface area (Å²) in [7, 11) is 0. The number of hydrogen-bond acceptors (Lipinski definition) is 22. The van der Waals surface area contributed by atoms with Crippen molar-refractivity contribution in [2.24, 2.45) is 45.9 Å². The molecule has 0 aliphatic rings. The van der Waals surface area contributed by atoms with Crippen molar-refractivity contribution in [3.63, 3.8) is 0 Å². The van der Waals surface area contributed by atoms with Gasteiger partial charge in [-0.25, -0.2) is 15.8 Å². The van der Waals surface area contributed by atoms with Crippen LogP contribution in [0.15, 0.2) is 35.9 Å². The van der Waals surface area contributed by atoms with Gasteiger partial charge in [-0.1, -0.05) is 44.6 Å². The highest BCUT2D eigenvalue weighted by Gasteiger charge is 2.13. The zero-order chi connectivity index (χ0) is 51.6. The predicted octanol–water partition coefficient (Wildman–Crippen LogP) is 0.219. The molecule has 0 aromatic rings. The number of primary amides is 3. The van der Waals surface area contributed by atoms with Gasteiger partial charge in [0.2, 0.25) is 23.6 Å². The largest absolute Gasteiger partial charge is 0.520 e. The number of hydrogen-bond donors (Lipinski definition) is 18.